The van der Waals surface area contributed by atoms with Crippen molar-refractivity contribution < 1.29 is 10.0 Å². The average molecular weight is 275 g/mol. The Morgan fingerprint density at radius 3 is 2.73 bits per heavy atom. The number of benzene rings is 1. The second-order valence-electron chi connectivity index (χ2n) is 3.18. The highest BCUT2D eigenvalue weighted by molar-refractivity contribution is 9.10. The van der Waals surface area contributed by atoms with Crippen LogP contribution < -0.4 is 5.73 Å². The Bertz CT molecular complexity index is 370. The maximum atomic E-state index is 10.5. The molecule has 0 amide bonds. The highest BCUT2D eigenvalue weighted by atomic mass is 79.9. The van der Waals surface area contributed by atoms with Gasteiger partial charge < -0.3 is 10.8 Å². The number of non-ortho nitro benzene ring substituents is 1. The zero-order valence-corrected chi connectivity index (χ0v) is 9.48. The minimum absolute atomic E-state index is 0.0307. The minimum atomic E-state index is -0.458. The zero-order chi connectivity index (χ0) is 11.4. The molecule has 0 spiro atoms. The molecular formula is C9H11BrN2O3. The van der Waals surface area contributed by atoms with E-state index in [9.17, 15) is 10.1 Å². The van der Waals surface area contributed by atoms with Gasteiger partial charge in [-0.2, -0.15) is 0 Å². The lowest BCUT2D eigenvalue weighted by atomic mass is 10.1. The molecule has 1 atom stereocenters. The number of aliphatic hydroxyl groups is 1. The Morgan fingerprint density at radius 2 is 2.27 bits per heavy atom. The maximum Gasteiger partial charge on any atom is 0.270 e. The number of nitro benzene ring substituents is 1. The fourth-order valence-electron chi connectivity index (χ4n) is 1.16. The van der Waals surface area contributed by atoms with E-state index in [-0.39, 0.29) is 18.3 Å². The van der Waals surface area contributed by atoms with Crippen LogP contribution in [0.5, 0.6) is 0 Å². The lowest BCUT2D eigenvalue weighted by Gasteiger charge is -2.09. The number of halogens is 1. The summed E-state index contributed by atoms with van der Waals surface area (Å²) >= 11 is 3.23. The monoisotopic (exact) mass is 274 g/mol. The van der Waals surface area contributed by atoms with Crippen molar-refractivity contribution in [3.05, 3.63) is 38.3 Å². The third-order valence-corrected chi connectivity index (χ3v) is 2.70. The molecule has 0 aromatic heterocycles. The first kappa shape index (κ1) is 12.1. The number of nitro groups is 1. The lowest BCUT2D eigenvalue weighted by molar-refractivity contribution is -0.384. The van der Waals surface area contributed by atoms with Gasteiger partial charge in [0, 0.05) is 22.6 Å². The van der Waals surface area contributed by atoms with E-state index in [0.29, 0.717) is 10.9 Å². The van der Waals surface area contributed by atoms with Crippen LogP contribution in [0.2, 0.25) is 0 Å². The minimum Gasteiger partial charge on any atom is -0.395 e. The van der Waals surface area contributed by atoms with Crippen LogP contribution in [0.15, 0.2) is 22.7 Å². The molecule has 0 radical (unpaired) electrons. The smallest absolute Gasteiger partial charge is 0.270 e. The second-order valence-corrected chi connectivity index (χ2v) is 4.03. The summed E-state index contributed by atoms with van der Waals surface area (Å²) < 4.78 is 0.639. The molecule has 0 fully saturated rings. The molecule has 0 aliphatic carbocycles. The Morgan fingerprint density at radius 1 is 1.60 bits per heavy atom. The van der Waals surface area contributed by atoms with Crippen LogP contribution in [0.1, 0.15) is 5.56 Å². The van der Waals surface area contributed by atoms with Gasteiger partial charge in [-0.15, -0.1) is 0 Å². The van der Waals surface area contributed by atoms with Crippen molar-refractivity contribution in [2.24, 2.45) is 5.73 Å². The molecule has 0 aliphatic heterocycles. The first-order chi connectivity index (χ1) is 7.04. The van der Waals surface area contributed by atoms with Crippen LogP contribution in [-0.2, 0) is 6.42 Å². The van der Waals surface area contributed by atoms with Crippen LogP contribution in [0.4, 0.5) is 5.69 Å². The van der Waals surface area contributed by atoms with Gasteiger partial charge in [0.15, 0.2) is 0 Å². The number of nitrogens with two attached hydrogens (primary N) is 1. The fourth-order valence-corrected chi connectivity index (χ4v) is 1.69. The molecule has 1 aromatic carbocycles. The molecule has 15 heavy (non-hydrogen) atoms. The number of hydrogen-bond acceptors (Lipinski definition) is 4. The summed E-state index contributed by atoms with van der Waals surface area (Å²) in [6, 6.07) is 4.14. The number of rotatable bonds is 4. The molecule has 0 saturated carbocycles. The molecule has 1 aromatic rings. The first-order valence-electron chi connectivity index (χ1n) is 4.34. The Kier molecular flexibility index (Phi) is 4.19. The molecule has 82 valence electrons. The molecule has 0 aliphatic rings. The number of nitrogens with zero attached hydrogens (tertiary/aromatic N) is 1. The van der Waals surface area contributed by atoms with Gasteiger partial charge in [0.05, 0.1) is 11.5 Å². The van der Waals surface area contributed by atoms with Crippen LogP contribution >= 0.6 is 15.9 Å². The third-order valence-electron chi connectivity index (χ3n) is 1.96. The van der Waals surface area contributed by atoms with Gasteiger partial charge >= 0.3 is 0 Å². The SMILES string of the molecule is NC(CO)Cc1ccc([N+](=O)[O-])cc1Br. The van der Waals surface area contributed by atoms with E-state index in [2.05, 4.69) is 15.9 Å². The van der Waals surface area contributed by atoms with Crippen molar-refractivity contribution in [2.45, 2.75) is 12.5 Å². The first-order valence-corrected chi connectivity index (χ1v) is 5.13. The van der Waals surface area contributed by atoms with Gasteiger partial charge in [-0.1, -0.05) is 22.0 Å². The fraction of sp³-hybridized carbons (Fsp3) is 0.333. The summed E-state index contributed by atoms with van der Waals surface area (Å²) in [5.41, 5.74) is 6.45. The van der Waals surface area contributed by atoms with Crippen LogP contribution in [0, 0.1) is 10.1 Å². The normalized spacial score (nSPS) is 12.5. The van der Waals surface area contributed by atoms with Crippen molar-refractivity contribution in [2.75, 3.05) is 6.61 Å². The molecule has 0 heterocycles. The van der Waals surface area contributed by atoms with E-state index in [1.807, 2.05) is 0 Å². The van der Waals surface area contributed by atoms with Crippen LogP contribution in [0.25, 0.3) is 0 Å². The Hall–Kier alpha value is -0.980. The van der Waals surface area contributed by atoms with E-state index in [4.69, 9.17) is 10.8 Å². The molecule has 0 bridgehead atoms. The zero-order valence-electron chi connectivity index (χ0n) is 7.89. The summed E-state index contributed by atoms with van der Waals surface area (Å²) in [4.78, 5) is 10.0. The maximum absolute atomic E-state index is 10.5. The number of hydrogen-bond donors (Lipinski definition) is 2. The van der Waals surface area contributed by atoms with Crippen molar-refractivity contribution >= 4 is 21.6 Å². The van der Waals surface area contributed by atoms with E-state index in [1.165, 1.54) is 12.1 Å². The highest BCUT2D eigenvalue weighted by Crippen LogP contribution is 2.23. The summed E-state index contributed by atoms with van der Waals surface area (Å²) in [5, 5.41) is 19.2. The van der Waals surface area contributed by atoms with Gasteiger partial charge in [-0.25, -0.2) is 0 Å². The van der Waals surface area contributed by atoms with Crippen LogP contribution in [-0.4, -0.2) is 22.7 Å². The van der Waals surface area contributed by atoms with E-state index in [0.717, 1.165) is 5.56 Å². The van der Waals surface area contributed by atoms with Gasteiger partial charge in [-0.05, 0) is 12.0 Å². The highest BCUT2D eigenvalue weighted by Gasteiger charge is 2.11. The molecule has 6 heteroatoms. The standard InChI is InChI=1S/C9H11BrN2O3/c10-9-4-8(12(14)15)2-1-6(9)3-7(11)5-13/h1-2,4,7,13H,3,5,11H2. The summed E-state index contributed by atoms with van der Waals surface area (Å²) in [6.45, 7) is -0.108. The second kappa shape index (κ2) is 5.20. The molecule has 5 nitrogen and oxygen atoms in total. The summed E-state index contributed by atoms with van der Waals surface area (Å²) in [7, 11) is 0. The number of aliphatic hydroxyl groups excluding tert-OH is 1. The van der Waals surface area contributed by atoms with Crippen LogP contribution in [0.3, 0.4) is 0 Å². The van der Waals surface area contributed by atoms with Crippen molar-refractivity contribution in [3.63, 3.8) is 0 Å². The lowest BCUT2D eigenvalue weighted by Crippen LogP contribution is -2.26. The van der Waals surface area contributed by atoms with E-state index in [1.54, 1.807) is 6.07 Å². The van der Waals surface area contributed by atoms with Gasteiger partial charge in [0.1, 0.15) is 0 Å². The van der Waals surface area contributed by atoms with Gasteiger partial charge in [0.2, 0.25) is 0 Å². The average Bonchev–Trinajstić information content (AvgIpc) is 2.20. The predicted octanol–water partition coefficient (Wildman–Crippen LogP) is 1.22. The quantitative estimate of drug-likeness (QED) is 0.638. The molecule has 1 unspecified atom stereocenters. The van der Waals surface area contributed by atoms with Gasteiger partial charge in [0.25, 0.3) is 5.69 Å². The molecular weight excluding hydrogens is 264 g/mol. The molecule has 1 rings (SSSR count). The van der Waals surface area contributed by atoms with E-state index < -0.39 is 4.92 Å². The topological polar surface area (TPSA) is 89.4 Å². The predicted molar refractivity (Wildman–Crippen MR) is 59.6 cm³/mol. The molecule has 0 saturated heterocycles. The van der Waals surface area contributed by atoms with Crippen molar-refractivity contribution in [3.8, 4) is 0 Å². The largest absolute Gasteiger partial charge is 0.395 e. The molecule has 3 N–H and O–H groups in total. The Labute approximate surface area is 95.2 Å². The van der Waals surface area contributed by atoms with E-state index >= 15 is 0 Å². The summed E-state index contributed by atoms with van der Waals surface area (Å²) in [6.07, 6.45) is 0.481. The summed E-state index contributed by atoms with van der Waals surface area (Å²) in [5.74, 6) is 0. The third kappa shape index (κ3) is 3.26. The van der Waals surface area contributed by atoms with Crippen molar-refractivity contribution in [1.29, 1.82) is 0 Å². The van der Waals surface area contributed by atoms with Crippen molar-refractivity contribution in [1.82, 2.24) is 0 Å². The van der Waals surface area contributed by atoms with Gasteiger partial charge in [-0.3, -0.25) is 10.1 Å². The Balaban J connectivity index is 2.88.